The molecule has 1 aliphatic rings. The van der Waals surface area contributed by atoms with Crippen molar-refractivity contribution in [1.82, 2.24) is 4.90 Å². The number of benzene rings is 2. The fourth-order valence-corrected chi connectivity index (χ4v) is 4.05. The predicted molar refractivity (Wildman–Crippen MR) is 110 cm³/mol. The number of carbonyl (C=O) groups is 1. The summed E-state index contributed by atoms with van der Waals surface area (Å²) in [7, 11) is 1.04. The number of nitrogens with zero attached hydrogens (tertiary/aromatic N) is 2. The summed E-state index contributed by atoms with van der Waals surface area (Å²) in [6.45, 7) is 0.800. The molecule has 1 aliphatic heterocycles. The van der Waals surface area contributed by atoms with Crippen LogP contribution in [0.25, 0.3) is 0 Å². The number of methoxy groups -OCH3 is 2. The van der Waals surface area contributed by atoms with E-state index in [4.69, 9.17) is 9.47 Å². The Morgan fingerprint density at radius 1 is 1.07 bits per heavy atom. The van der Waals surface area contributed by atoms with E-state index < -0.39 is 10.0 Å². The van der Waals surface area contributed by atoms with E-state index >= 15 is 0 Å². The summed E-state index contributed by atoms with van der Waals surface area (Å²) in [5.41, 5.74) is 0.815. The number of hydrogen-bond acceptors (Lipinski definition) is 5. The predicted octanol–water partition coefficient (Wildman–Crippen LogP) is 2.77. The minimum absolute atomic E-state index is 0.0753. The first-order chi connectivity index (χ1) is 13.8. The van der Waals surface area contributed by atoms with Crippen molar-refractivity contribution < 1.29 is 22.7 Å². The number of amides is 1. The number of sulfonamides is 1. The number of nitrogens with one attached hydrogen (secondary N) is 1. The van der Waals surface area contributed by atoms with Crippen LogP contribution in [0.3, 0.4) is 0 Å². The molecule has 3 rings (SSSR count). The highest BCUT2D eigenvalue weighted by Gasteiger charge is 2.20. The van der Waals surface area contributed by atoms with Gasteiger partial charge in [0.25, 0.3) is 15.9 Å². The Kier molecular flexibility index (Phi) is 6.07. The summed E-state index contributed by atoms with van der Waals surface area (Å²) < 4.78 is 39.3. The first kappa shape index (κ1) is 20.7. The number of carbonyl (C=O) groups excluding carboxylic acids is 1. The molecule has 8 nitrogen and oxygen atoms in total. The van der Waals surface area contributed by atoms with Gasteiger partial charge in [0.15, 0.2) is 0 Å². The summed E-state index contributed by atoms with van der Waals surface area (Å²) in [6, 6.07) is 10.8. The largest absolute Gasteiger partial charge is 0.497 e. The van der Waals surface area contributed by atoms with Gasteiger partial charge in [-0.15, -0.1) is 4.40 Å². The average molecular weight is 417 g/mol. The van der Waals surface area contributed by atoms with Crippen LogP contribution in [0, 0.1) is 0 Å². The molecular formula is C20H23N3O5S. The average Bonchev–Trinajstić information content (AvgIpc) is 3.11. The van der Waals surface area contributed by atoms with Gasteiger partial charge in [-0.2, -0.15) is 8.42 Å². The second kappa shape index (κ2) is 8.52. The molecule has 1 fully saturated rings. The van der Waals surface area contributed by atoms with E-state index in [1.54, 1.807) is 18.2 Å². The number of likely N-dealkylation sites (tertiary alicyclic amines) is 1. The van der Waals surface area contributed by atoms with Crippen LogP contribution >= 0.6 is 0 Å². The second-order valence-electron chi connectivity index (χ2n) is 6.59. The van der Waals surface area contributed by atoms with Gasteiger partial charge in [0.1, 0.15) is 17.3 Å². The highest BCUT2D eigenvalue weighted by atomic mass is 32.2. The van der Waals surface area contributed by atoms with Gasteiger partial charge in [0.2, 0.25) is 0 Å². The van der Waals surface area contributed by atoms with E-state index in [0.29, 0.717) is 35.0 Å². The first-order valence-electron chi connectivity index (χ1n) is 9.02. The van der Waals surface area contributed by atoms with Crippen molar-refractivity contribution in [3.05, 3.63) is 48.0 Å². The number of hydrogen-bond donors (Lipinski definition) is 1. The van der Waals surface area contributed by atoms with Gasteiger partial charge < -0.3 is 19.7 Å². The molecule has 2 aromatic carbocycles. The fourth-order valence-electron chi connectivity index (χ4n) is 2.95. The van der Waals surface area contributed by atoms with E-state index in [9.17, 15) is 13.2 Å². The van der Waals surface area contributed by atoms with E-state index in [1.165, 1.54) is 38.5 Å². The molecule has 0 unspecified atom stereocenters. The van der Waals surface area contributed by atoms with Crippen molar-refractivity contribution >= 4 is 27.5 Å². The van der Waals surface area contributed by atoms with E-state index in [1.807, 2.05) is 11.9 Å². The Hall–Kier alpha value is -3.07. The Labute approximate surface area is 170 Å². The molecule has 0 radical (unpaired) electrons. The highest BCUT2D eigenvalue weighted by molar-refractivity contribution is 7.90. The summed E-state index contributed by atoms with van der Waals surface area (Å²) in [5, 5.41) is 2.73. The third-order valence-corrected chi connectivity index (χ3v) is 5.90. The van der Waals surface area contributed by atoms with Crippen molar-refractivity contribution in [3.8, 4) is 11.5 Å². The summed E-state index contributed by atoms with van der Waals surface area (Å²) >= 11 is 0. The molecule has 0 aliphatic carbocycles. The standard InChI is InChI=1S/C20H23N3O5S/c1-23-10-4-5-19(23)22-29(25,26)18-8-6-15(7-9-18)21-20(24)14-11-16(27-2)13-17(12-14)28-3/h6-9,11-13H,4-5,10H2,1-3H3,(H,21,24)/b22-19+. The first-order valence-corrected chi connectivity index (χ1v) is 10.5. The Balaban J connectivity index is 1.76. The van der Waals surface area contributed by atoms with E-state index in [2.05, 4.69) is 9.71 Å². The minimum Gasteiger partial charge on any atom is -0.497 e. The van der Waals surface area contributed by atoms with Crippen molar-refractivity contribution in [3.63, 3.8) is 0 Å². The van der Waals surface area contributed by atoms with Crippen LogP contribution in [-0.2, 0) is 10.0 Å². The van der Waals surface area contributed by atoms with Crippen molar-refractivity contribution in [2.24, 2.45) is 4.40 Å². The van der Waals surface area contributed by atoms with Crippen LogP contribution in [-0.4, -0.2) is 52.9 Å². The number of ether oxygens (including phenoxy) is 2. The molecule has 0 saturated carbocycles. The molecule has 0 spiro atoms. The van der Waals surface area contributed by atoms with Crippen LogP contribution in [0.4, 0.5) is 5.69 Å². The maximum atomic E-state index is 12.5. The zero-order valence-corrected chi connectivity index (χ0v) is 17.3. The number of rotatable bonds is 6. The molecular weight excluding hydrogens is 394 g/mol. The van der Waals surface area contributed by atoms with Crippen molar-refractivity contribution in [1.29, 1.82) is 0 Å². The molecule has 0 aromatic heterocycles. The molecule has 1 heterocycles. The fraction of sp³-hybridized carbons (Fsp3) is 0.300. The summed E-state index contributed by atoms with van der Waals surface area (Å²) in [5.74, 6) is 1.18. The minimum atomic E-state index is -3.79. The lowest BCUT2D eigenvalue weighted by molar-refractivity contribution is 0.102. The molecule has 2 aromatic rings. The zero-order valence-electron chi connectivity index (χ0n) is 16.5. The van der Waals surface area contributed by atoms with Crippen LogP contribution in [0.15, 0.2) is 51.8 Å². The molecule has 1 amide bonds. The number of anilines is 1. The zero-order chi connectivity index (χ0) is 21.0. The van der Waals surface area contributed by atoms with Gasteiger partial charge in [0.05, 0.1) is 19.1 Å². The van der Waals surface area contributed by atoms with Gasteiger partial charge in [-0.3, -0.25) is 4.79 Å². The van der Waals surface area contributed by atoms with Gasteiger partial charge in [-0.05, 0) is 42.8 Å². The molecule has 154 valence electrons. The maximum absolute atomic E-state index is 12.5. The second-order valence-corrected chi connectivity index (χ2v) is 8.19. The monoisotopic (exact) mass is 417 g/mol. The van der Waals surface area contributed by atoms with Crippen LogP contribution in [0.2, 0.25) is 0 Å². The molecule has 29 heavy (non-hydrogen) atoms. The molecule has 1 N–H and O–H groups in total. The molecule has 9 heteroatoms. The lowest BCUT2D eigenvalue weighted by atomic mass is 10.2. The van der Waals surface area contributed by atoms with E-state index in [-0.39, 0.29) is 10.8 Å². The summed E-state index contributed by atoms with van der Waals surface area (Å²) in [6.07, 6.45) is 1.54. The van der Waals surface area contributed by atoms with Gasteiger partial charge in [-0.25, -0.2) is 0 Å². The SMILES string of the molecule is COc1cc(OC)cc(C(=O)Nc2ccc(S(=O)(=O)/N=C3\CCCN3C)cc2)c1. The van der Waals surface area contributed by atoms with Gasteiger partial charge in [-0.1, -0.05) is 0 Å². The topological polar surface area (TPSA) is 97.3 Å². The van der Waals surface area contributed by atoms with Gasteiger partial charge in [0, 0.05) is 37.3 Å². The smallest absolute Gasteiger partial charge is 0.283 e. The quantitative estimate of drug-likeness (QED) is 0.776. The molecule has 0 bridgehead atoms. The normalized spacial score (nSPS) is 15.4. The lowest BCUT2D eigenvalue weighted by Gasteiger charge is -2.11. The van der Waals surface area contributed by atoms with Gasteiger partial charge >= 0.3 is 0 Å². The Morgan fingerprint density at radius 3 is 2.21 bits per heavy atom. The third kappa shape index (κ3) is 4.86. The number of amidine groups is 1. The van der Waals surface area contributed by atoms with E-state index in [0.717, 1.165) is 13.0 Å². The van der Waals surface area contributed by atoms with Crippen LogP contribution < -0.4 is 14.8 Å². The molecule has 1 saturated heterocycles. The molecule has 0 atom stereocenters. The highest BCUT2D eigenvalue weighted by Crippen LogP contribution is 2.24. The maximum Gasteiger partial charge on any atom is 0.283 e. The Bertz CT molecular complexity index is 1010. The summed E-state index contributed by atoms with van der Waals surface area (Å²) in [4.78, 5) is 14.4. The third-order valence-electron chi connectivity index (χ3n) is 4.58. The van der Waals surface area contributed by atoms with Crippen LogP contribution in [0.1, 0.15) is 23.2 Å². The van der Waals surface area contributed by atoms with Crippen molar-refractivity contribution in [2.45, 2.75) is 17.7 Å². The lowest BCUT2D eigenvalue weighted by Crippen LogP contribution is -2.20. The van der Waals surface area contributed by atoms with Crippen molar-refractivity contribution in [2.75, 3.05) is 33.1 Å². The van der Waals surface area contributed by atoms with Crippen LogP contribution in [0.5, 0.6) is 11.5 Å². The Morgan fingerprint density at radius 2 is 1.69 bits per heavy atom.